The molecule has 4 heterocycles. The quantitative estimate of drug-likeness (QED) is 0.243. The Labute approximate surface area is 197 Å². The van der Waals surface area contributed by atoms with E-state index in [0.29, 0.717) is 18.9 Å². The van der Waals surface area contributed by atoms with E-state index in [-0.39, 0.29) is 24.5 Å². The first kappa shape index (κ1) is 27.2. The molecule has 0 aromatic heterocycles. The van der Waals surface area contributed by atoms with Gasteiger partial charge in [-0.2, -0.15) is 0 Å². The van der Waals surface area contributed by atoms with Crippen LogP contribution in [0.5, 0.6) is 0 Å². The van der Waals surface area contributed by atoms with Crippen LogP contribution in [0.2, 0.25) is 0 Å². The average Bonchev–Trinajstić information content (AvgIpc) is 3.47. The Balaban J connectivity index is 0.000000192. The Morgan fingerprint density at radius 3 is 2.35 bits per heavy atom. The summed E-state index contributed by atoms with van der Waals surface area (Å²) in [6, 6.07) is -1.43. The first-order chi connectivity index (χ1) is 16.0. The lowest BCUT2D eigenvalue weighted by Gasteiger charge is -2.40. The highest BCUT2D eigenvalue weighted by atomic mass is 16.8. The van der Waals surface area contributed by atoms with Crippen LogP contribution in [0.15, 0.2) is 4.99 Å². The molecule has 0 spiro atoms. The van der Waals surface area contributed by atoms with Gasteiger partial charge in [-0.3, -0.25) is 4.79 Å². The van der Waals surface area contributed by atoms with E-state index < -0.39 is 61.5 Å². The lowest BCUT2D eigenvalue weighted by molar-refractivity contribution is -0.253. The number of aliphatic hydroxyl groups is 5. The van der Waals surface area contributed by atoms with Crippen molar-refractivity contribution in [3.8, 4) is 0 Å². The predicted molar refractivity (Wildman–Crippen MR) is 114 cm³/mol. The summed E-state index contributed by atoms with van der Waals surface area (Å²) in [7, 11) is 0. The molecule has 34 heavy (non-hydrogen) atoms. The molecule has 0 aromatic carbocycles. The third-order valence-electron chi connectivity index (χ3n) is 6.05. The minimum atomic E-state index is -1.45. The summed E-state index contributed by atoms with van der Waals surface area (Å²) in [5, 5.41) is 50.0. The summed E-state index contributed by atoms with van der Waals surface area (Å²) in [5.41, 5.74) is 0. The molecular formula is C21H36N2O11. The Morgan fingerprint density at radius 1 is 1.12 bits per heavy atom. The molecule has 10 atom stereocenters. The summed E-state index contributed by atoms with van der Waals surface area (Å²) in [6.45, 7) is 7.16. The van der Waals surface area contributed by atoms with Gasteiger partial charge in [0.15, 0.2) is 18.0 Å². The molecule has 3 fully saturated rings. The SMILES string of the molecule is CCC(=O)N[C@H]1C(O)O[C@H](CO)[C@@H](O)[C@@H]1O.CCC1=N[C@H]2[C@@H](O1)O[C@H]([C@H]1COC(C)(C)O1)[C@@H]2O. The Kier molecular flexibility index (Phi) is 8.87. The summed E-state index contributed by atoms with van der Waals surface area (Å²) < 4.78 is 27.3. The largest absolute Gasteiger partial charge is 0.450 e. The fraction of sp³-hybridized carbons (Fsp3) is 0.905. The van der Waals surface area contributed by atoms with Crippen molar-refractivity contribution in [1.82, 2.24) is 5.32 Å². The smallest absolute Gasteiger partial charge is 0.227 e. The van der Waals surface area contributed by atoms with E-state index in [0.717, 1.165) is 0 Å². The third-order valence-corrected chi connectivity index (χ3v) is 6.05. The van der Waals surface area contributed by atoms with Crippen LogP contribution in [-0.2, 0) is 28.5 Å². The number of ether oxygens (including phenoxy) is 5. The van der Waals surface area contributed by atoms with Gasteiger partial charge in [-0.1, -0.05) is 13.8 Å². The number of amides is 1. The van der Waals surface area contributed by atoms with E-state index in [2.05, 4.69) is 10.3 Å². The summed E-state index contributed by atoms with van der Waals surface area (Å²) in [4.78, 5) is 15.4. The number of carbonyl (C=O) groups excluding carboxylic acids is 1. The first-order valence-corrected chi connectivity index (χ1v) is 11.5. The number of aliphatic imine (C=N–C) groups is 1. The summed E-state index contributed by atoms with van der Waals surface area (Å²) in [6.07, 6.45) is -6.24. The number of carbonyl (C=O) groups is 1. The molecule has 1 unspecified atom stereocenters. The maximum atomic E-state index is 11.1. The van der Waals surface area contributed by atoms with Crippen molar-refractivity contribution in [2.24, 2.45) is 4.99 Å². The number of rotatable bonds is 5. The van der Waals surface area contributed by atoms with Crippen LogP contribution in [-0.4, -0.2) is 118 Å². The predicted octanol–water partition coefficient (Wildman–Crippen LogP) is -2.26. The van der Waals surface area contributed by atoms with Gasteiger partial charge in [-0.25, -0.2) is 4.99 Å². The Hall–Kier alpha value is -1.42. The van der Waals surface area contributed by atoms with Crippen molar-refractivity contribution in [1.29, 1.82) is 0 Å². The van der Waals surface area contributed by atoms with E-state index in [1.165, 1.54) is 0 Å². The molecule has 3 saturated heterocycles. The number of aliphatic hydroxyl groups excluding tert-OH is 5. The minimum absolute atomic E-state index is 0.190. The Morgan fingerprint density at radius 2 is 1.82 bits per heavy atom. The maximum absolute atomic E-state index is 11.1. The van der Waals surface area contributed by atoms with Crippen LogP contribution in [0.1, 0.15) is 40.5 Å². The monoisotopic (exact) mass is 492 g/mol. The van der Waals surface area contributed by atoms with Crippen LogP contribution in [0.4, 0.5) is 0 Å². The zero-order valence-electron chi connectivity index (χ0n) is 19.7. The van der Waals surface area contributed by atoms with Crippen LogP contribution in [0.3, 0.4) is 0 Å². The van der Waals surface area contributed by atoms with E-state index in [9.17, 15) is 25.2 Å². The van der Waals surface area contributed by atoms with E-state index in [4.69, 9.17) is 28.8 Å². The molecular weight excluding hydrogens is 456 g/mol. The molecule has 0 saturated carbocycles. The van der Waals surface area contributed by atoms with Gasteiger partial charge in [0.25, 0.3) is 0 Å². The van der Waals surface area contributed by atoms with E-state index in [1.807, 2.05) is 20.8 Å². The maximum Gasteiger partial charge on any atom is 0.227 e. The zero-order valence-corrected chi connectivity index (χ0v) is 19.7. The number of hydrogen-bond donors (Lipinski definition) is 6. The molecule has 13 nitrogen and oxygen atoms in total. The van der Waals surface area contributed by atoms with Gasteiger partial charge < -0.3 is 54.5 Å². The average molecular weight is 493 g/mol. The molecule has 0 aromatic rings. The fourth-order valence-electron chi connectivity index (χ4n) is 4.14. The molecule has 4 rings (SSSR count). The van der Waals surface area contributed by atoms with Gasteiger partial charge in [0.1, 0.15) is 48.7 Å². The highest BCUT2D eigenvalue weighted by molar-refractivity contribution is 5.77. The number of nitrogens with one attached hydrogen (secondary N) is 1. The van der Waals surface area contributed by atoms with Gasteiger partial charge in [-0.05, 0) is 13.8 Å². The topological polar surface area (TPSA) is 189 Å². The van der Waals surface area contributed by atoms with E-state index in [1.54, 1.807) is 6.92 Å². The molecule has 4 aliphatic heterocycles. The first-order valence-electron chi connectivity index (χ1n) is 11.5. The van der Waals surface area contributed by atoms with Gasteiger partial charge in [0, 0.05) is 12.8 Å². The second kappa shape index (κ2) is 11.1. The van der Waals surface area contributed by atoms with Crippen molar-refractivity contribution in [3.63, 3.8) is 0 Å². The minimum Gasteiger partial charge on any atom is -0.450 e. The van der Waals surface area contributed by atoms with Crippen LogP contribution < -0.4 is 5.32 Å². The number of nitrogens with zero attached hydrogens (tertiary/aromatic N) is 1. The Bertz CT molecular complexity index is 736. The summed E-state index contributed by atoms with van der Waals surface area (Å²) in [5.74, 6) is -0.350. The number of hydrogen-bond acceptors (Lipinski definition) is 12. The van der Waals surface area contributed by atoms with Crippen molar-refractivity contribution in [2.75, 3.05) is 13.2 Å². The van der Waals surface area contributed by atoms with Gasteiger partial charge >= 0.3 is 0 Å². The molecule has 0 aliphatic carbocycles. The second-order valence-electron chi connectivity index (χ2n) is 8.99. The molecule has 4 aliphatic rings. The summed E-state index contributed by atoms with van der Waals surface area (Å²) >= 11 is 0. The molecule has 13 heteroatoms. The third kappa shape index (κ3) is 5.86. The van der Waals surface area contributed by atoms with Crippen molar-refractivity contribution in [3.05, 3.63) is 0 Å². The van der Waals surface area contributed by atoms with Crippen LogP contribution in [0, 0.1) is 0 Å². The van der Waals surface area contributed by atoms with E-state index >= 15 is 0 Å². The second-order valence-corrected chi connectivity index (χ2v) is 8.99. The van der Waals surface area contributed by atoms with Crippen LogP contribution in [0.25, 0.3) is 0 Å². The number of fused-ring (bicyclic) bond motifs is 1. The zero-order chi connectivity index (χ0) is 25.2. The lowest BCUT2D eigenvalue weighted by Crippen LogP contribution is -2.64. The van der Waals surface area contributed by atoms with Crippen molar-refractivity contribution < 1.29 is 54.0 Å². The van der Waals surface area contributed by atoms with Gasteiger partial charge in [-0.15, -0.1) is 0 Å². The van der Waals surface area contributed by atoms with Crippen molar-refractivity contribution in [2.45, 2.75) is 108 Å². The lowest BCUT2D eigenvalue weighted by atomic mass is 9.97. The fourth-order valence-corrected chi connectivity index (χ4v) is 4.14. The molecule has 1 amide bonds. The molecule has 196 valence electrons. The highest BCUT2D eigenvalue weighted by Gasteiger charge is 2.54. The normalized spacial score (nSPS) is 42.8. The van der Waals surface area contributed by atoms with Crippen molar-refractivity contribution >= 4 is 11.8 Å². The van der Waals surface area contributed by atoms with Gasteiger partial charge in [0.2, 0.25) is 12.2 Å². The molecule has 0 radical (unpaired) electrons. The molecule has 6 N–H and O–H groups in total. The highest BCUT2D eigenvalue weighted by Crippen LogP contribution is 2.36. The van der Waals surface area contributed by atoms with Gasteiger partial charge in [0.05, 0.1) is 13.2 Å². The molecule has 0 bridgehead atoms. The van der Waals surface area contributed by atoms with Crippen LogP contribution >= 0.6 is 0 Å². The standard InChI is InChI=1S/C12H19NO5.C9H17NO6/c1-4-7-13-8-9(14)10(17-11(8)16-7)6-5-15-12(2,3)18-6;1-2-5(12)10-6-8(14)7(13)4(3-11)16-9(6)15/h6,8-11,14H,4-5H2,1-3H3;4,6-9,11,13-15H,2-3H2,1H3,(H,10,12)/t6-,8-,9-,10-,11+;4-,6-,7-,8-,9?/m11/s1.